The molecule has 1 heterocycles. The van der Waals surface area contributed by atoms with E-state index in [0.717, 1.165) is 23.4 Å². The van der Waals surface area contributed by atoms with Crippen LogP contribution in [0.1, 0.15) is 36.3 Å². The van der Waals surface area contributed by atoms with Crippen LogP contribution in [0, 0.1) is 6.92 Å². The number of amides is 1. The van der Waals surface area contributed by atoms with Crippen molar-refractivity contribution < 1.29 is 4.79 Å². The van der Waals surface area contributed by atoms with Crippen LogP contribution in [0.15, 0.2) is 60.7 Å². The monoisotopic (exact) mass is 333 g/mol. The van der Waals surface area contributed by atoms with E-state index in [1.807, 2.05) is 74.5 Å². The van der Waals surface area contributed by atoms with E-state index in [1.165, 1.54) is 5.56 Å². The molecule has 128 valence electrons. The van der Waals surface area contributed by atoms with Crippen LogP contribution in [0.25, 0.3) is 16.9 Å². The molecule has 0 spiro atoms. The lowest BCUT2D eigenvalue weighted by Gasteiger charge is -2.12. The fourth-order valence-corrected chi connectivity index (χ4v) is 2.58. The topological polar surface area (TPSA) is 46.9 Å². The van der Waals surface area contributed by atoms with Crippen LogP contribution < -0.4 is 5.32 Å². The van der Waals surface area contributed by atoms with Crippen LogP contribution in [0.4, 0.5) is 0 Å². The Kier molecular flexibility index (Phi) is 4.98. The maximum atomic E-state index is 12.7. The molecular formula is C21H23N3O. The van der Waals surface area contributed by atoms with Gasteiger partial charge in [0.1, 0.15) is 5.69 Å². The minimum atomic E-state index is -0.107. The van der Waals surface area contributed by atoms with Gasteiger partial charge < -0.3 is 5.32 Å². The molecule has 0 aliphatic carbocycles. The maximum Gasteiger partial charge on any atom is 0.270 e. The second kappa shape index (κ2) is 7.34. The molecule has 0 saturated heterocycles. The molecule has 4 heteroatoms. The average molecular weight is 333 g/mol. The largest absolute Gasteiger partial charge is 0.348 e. The van der Waals surface area contributed by atoms with Crippen molar-refractivity contribution in [2.45, 2.75) is 33.2 Å². The van der Waals surface area contributed by atoms with Gasteiger partial charge in [-0.05, 0) is 38.5 Å². The number of rotatable bonds is 5. The van der Waals surface area contributed by atoms with Gasteiger partial charge in [-0.15, -0.1) is 0 Å². The Labute approximate surface area is 148 Å². The summed E-state index contributed by atoms with van der Waals surface area (Å²) in [5, 5.41) is 7.72. The Morgan fingerprint density at radius 2 is 1.80 bits per heavy atom. The molecule has 0 aliphatic rings. The molecule has 0 saturated carbocycles. The van der Waals surface area contributed by atoms with Crippen LogP contribution in [0.3, 0.4) is 0 Å². The molecule has 25 heavy (non-hydrogen) atoms. The van der Waals surface area contributed by atoms with E-state index >= 15 is 0 Å². The highest BCUT2D eigenvalue weighted by molar-refractivity contribution is 5.94. The smallest absolute Gasteiger partial charge is 0.270 e. The summed E-state index contributed by atoms with van der Waals surface area (Å²) in [6, 6.07) is 19.9. The van der Waals surface area contributed by atoms with E-state index in [0.29, 0.717) is 5.69 Å². The van der Waals surface area contributed by atoms with Crippen molar-refractivity contribution in [3.05, 3.63) is 71.9 Å². The molecule has 3 rings (SSSR count). The molecule has 2 aromatic carbocycles. The molecule has 1 amide bonds. The summed E-state index contributed by atoms with van der Waals surface area (Å²) in [6.45, 7) is 6.10. The molecule has 3 aromatic rings. The van der Waals surface area contributed by atoms with Gasteiger partial charge in [-0.25, -0.2) is 4.68 Å². The third-order valence-electron chi connectivity index (χ3n) is 4.28. The summed E-state index contributed by atoms with van der Waals surface area (Å²) in [5.74, 6) is -0.107. The highest BCUT2D eigenvalue weighted by Crippen LogP contribution is 2.22. The number of hydrogen-bond acceptors (Lipinski definition) is 2. The molecule has 1 N–H and O–H groups in total. The lowest BCUT2D eigenvalue weighted by molar-refractivity contribution is 0.0931. The zero-order chi connectivity index (χ0) is 17.8. The molecular weight excluding hydrogens is 310 g/mol. The van der Waals surface area contributed by atoms with Crippen molar-refractivity contribution in [3.63, 3.8) is 0 Å². The standard InChI is InChI=1S/C21H23N3O/c1-4-16(3)22-21(25)20-14-19(17-8-6-5-7-9-17)23-24(20)18-12-10-15(2)11-13-18/h5-14,16H,4H2,1-3H3,(H,22,25). The highest BCUT2D eigenvalue weighted by atomic mass is 16.2. The fraction of sp³-hybridized carbons (Fsp3) is 0.238. The zero-order valence-corrected chi connectivity index (χ0v) is 14.9. The molecule has 0 aliphatic heterocycles. The van der Waals surface area contributed by atoms with Gasteiger partial charge in [0.2, 0.25) is 0 Å². The summed E-state index contributed by atoms with van der Waals surface area (Å²) >= 11 is 0. The first-order valence-electron chi connectivity index (χ1n) is 8.62. The van der Waals surface area contributed by atoms with E-state index in [9.17, 15) is 4.79 Å². The van der Waals surface area contributed by atoms with Gasteiger partial charge >= 0.3 is 0 Å². The lowest BCUT2D eigenvalue weighted by Crippen LogP contribution is -2.33. The average Bonchev–Trinajstić information content (AvgIpc) is 3.08. The van der Waals surface area contributed by atoms with Gasteiger partial charge in [0, 0.05) is 11.6 Å². The summed E-state index contributed by atoms with van der Waals surface area (Å²) < 4.78 is 1.72. The third kappa shape index (κ3) is 3.79. The zero-order valence-electron chi connectivity index (χ0n) is 14.9. The van der Waals surface area contributed by atoms with Crippen LogP contribution in [0.5, 0.6) is 0 Å². The van der Waals surface area contributed by atoms with Crippen molar-refractivity contribution in [1.29, 1.82) is 0 Å². The molecule has 0 bridgehead atoms. The number of aromatic nitrogens is 2. The second-order valence-electron chi connectivity index (χ2n) is 6.31. The predicted octanol–water partition coefficient (Wildman–Crippen LogP) is 4.38. The Hall–Kier alpha value is -2.88. The number of hydrogen-bond donors (Lipinski definition) is 1. The predicted molar refractivity (Wildman–Crippen MR) is 101 cm³/mol. The van der Waals surface area contributed by atoms with E-state index in [2.05, 4.69) is 12.2 Å². The summed E-state index contributed by atoms with van der Waals surface area (Å²) in [7, 11) is 0. The molecule has 0 fully saturated rings. The first-order valence-corrected chi connectivity index (χ1v) is 8.62. The quantitative estimate of drug-likeness (QED) is 0.753. The minimum absolute atomic E-state index is 0.107. The number of carbonyl (C=O) groups is 1. The van der Waals surface area contributed by atoms with Crippen LogP contribution in [-0.4, -0.2) is 21.7 Å². The maximum absolute atomic E-state index is 12.7. The SMILES string of the molecule is CCC(C)NC(=O)c1cc(-c2ccccc2)nn1-c1ccc(C)cc1. The number of carbonyl (C=O) groups excluding carboxylic acids is 1. The Morgan fingerprint density at radius 3 is 2.44 bits per heavy atom. The first kappa shape index (κ1) is 17.0. The van der Waals surface area contributed by atoms with Gasteiger partial charge in [0.25, 0.3) is 5.91 Å². The highest BCUT2D eigenvalue weighted by Gasteiger charge is 2.18. The number of aryl methyl sites for hydroxylation is 1. The first-order chi connectivity index (χ1) is 12.1. The van der Waals surface area contributed by atoms with E-state index in [4.69, 9.17) is 5.10 Å². The van der Waals surface area contributed by atoms with Gasteiger partial charge in [-0.3, -0.25) is 4.79 Å². The van der Waals surface area contributed by atoms with Gasteiger partial charge in [-0.1, -0.05) is 55.0 Å². The van der Waals surface area contributed by atoms with E-state index in [1.54, 1.807) is 4.68 Å². The number of benzene rings is 2. The van der Waals surface area contributed by atoms with Crippen molar-refractivity contribution in [2.24, 2.45) is 0 Å². The van der Waals surface area contributed by atoms with Crippen LogP contribution in [0.2, 0.25) is 0 Å². The van der Waals surface area contributed by atoms with E-state index < -0.39 is 0 Å². The van der Waals surface area contributed by atoms with Crippen molar-refractivity contribution >= 4 is 5.91 Å². The normalized spacial score (nSPS) is 12.0. The molecule has 0 radical (unpaired) electrons. The van der Waals surface area contributed by atoms with Gasteiger partial charge in [-0.2, -0.15) is 5.10 Å². The van der Waals surface area contributed by atoms with Gasteiger partial charge in [0.05, 0.1) is 11.4 Å². The Bertz CT molecular complexity index is 851. The summed E-state index contributed by atoms with van der Waals surface area (Å²) in [4.78, 5) is 12.7. The third-order valence-corrected chi connectivity index (χ3v) is 4.28. The van der Waals surface area contributed by atoms with Gasteiger partial charge in [0.15, 0.2) is 0 Å². The Morgan fingerprint density at radius 1 is 1.12 bits per heavy atom. The van der Waals surface area contributed by atoms with Crippen molar-refractivity contribution in [1.82, 2.24) is 15.1 Å². The Balaban J connectivity index is 2.06. The minimum Gasteiger partial charge on any atom is -0.348 e. The fourth-order valence-electron chi connectivity index (χ4n) is 2.58. The number of nitrogens with zero attached hydrogens (tertiary/aromatic N) is 2. The van der Waals surface area contributed by atoms with Crippen LogP contribution in [-0.2, 0) is 0 Å². The molecule has 1 unspecified atom stereocenters. The molecule has 1 aromatic heterocycles. The lowest BCUT2D eigenvalue weighted by atomic mass is 10.1. The van der Waals surface area contributed by atoms with E-state index in [-0.39, 0.29) is 11.9 Å². The molecule has 1 atom stereocenters. The summed E-state index contributed by atoms with van der Waals surface area (Å²) in [5.41, 5.74) is 4.37. The molecule has 4 nitrogen and oxygen atoms in total. The van der Waals surface area contributed by atoms with Crippen LogP contribution >= 0.6 is 0 Å². The van der Waals surface area contributed by atoms with Crippen molar-refractivity contribution in [3.8, 4) is 16.9 Å². The number of nitrogens with one attached hydrogen (secondary N) is 1. The second-order valence-corrected chi connectivity index (χ2v) is 6.31. The summed E-state index contributed by atoms with van der Waals surface area (Å²) in [6.07, 6.45) is 0.885. The van der Waals surface area contributed by atoms with Crippen molar-refractivity contribution in [2.75, 3.05) is 0 Å².